The minimum atomic E-state index is -0.309. The van der Waals surface area contributed by atoms with Crippen LogP contribution in [-0.4, -0.2) is 56.7 Å². The van der Waals surface area contributed by atoms with Gasteiger partial charge in [-0.05, 0) is 87.6 Å². The quantitative estimate of drug-likeness (QED) is 0.289. The molecule has 192 valence electrons. The molecule has 6 rings (SSSR count). The van der Waals surface area contributed by atoms with Crippen LogP contribution in [-0.2, 0) is 0 Å². The summed E-state index contributed by atoms with van der Waals surface area (Å²) in [6.45, 7) is 2.18. The third-order valence-corrected chi connectivity index (χ3v) is 6.99. The number of benzene rings is 3. The topological polar surface area (TPSA) is 90.9 Å². The Hall–Kier alpha value is -4.50. The van der Waals surface area contributed by atoms with Crippen LogP contribution in [0.3, 0.4) is 0 Å². The summed E-state index contributed by atoms with van der Waals surface area (Å²) < 4.78 is 15.6. The van der Waals surface area contributed by atoms with Crippen LogP contribution in [0, 0.1) is 5.82 Å². The molecule has 0 bridgehead atoms. The molecule has 1 aliphatic heterocycles. The number of carbonyl (C=O) groups excluding carboxylic acids is 1. The van der Waals surface area contributed by atoms with Crippen LogP contribution in [0.5, 0.6) is 0 Å². The van der Waals surface area contributed by atoms with Crippen molar-refractivity contribution in [1.82, 2.24) is 24.6 Å². The number of piperidine rings is 1. The van der Waals surface area contributed by atoms with E-state index >= 15 is 0 Å². The lowest BCUT2D eigenvalue weighted by Gasteiger charge is -2.30. The molecule has 0 atom stereocenters. The largest absolute Gasteiger partial charge is 0.382 e. The zero-order chi connectivity index (χ0) is 26.1. The van der Waals surface area contributed by atoms with E-state index in [9.17, 15) is 9.18 Å². The average molecular weight is 510 g/mol. The van der Waals surface area contributed by atoms with Gasteiger partial charge in [0.2, 0.25) is 0 Å². The van der Waals surface area contributed by atoms with Gasteiger partial charge in [0.15, 0.2) is 0 Å². The van der Waals surface area contributed by atoms with E-state index in [0.717, 1.165) is 48.2 Å². The molecule has 0 radical (unpaired) electrons. The highest BCUT2D eigenvalue weighted by Gasteiger charge is 2.17. The van der Waals surface area contributed by atoms with Crippen molar-refractivity contribution in [3.63, 3.8) is 0 Å². The summed E-state index contributed by atoms with van der Waals surface area (Å²) in [5.41, 5.74) is 5.41. The van der Waals surface area contributed by atoms with Crippen LogP contribution in [0.15, 0.2) is 79.1 Å². The smallest absolute Gasteiger partial charge is 0.256 e. The van der Waals surface area contributed by atoms with Crippen molar-refractivity contribution in [2.75, 3.05) is 30.8 Å². The number of likely N-dealkylation sites (tertiary alicyclic amines) is 1. The molecule has 1 fully saturated rings. The van der Waals surface area contributed by atoms with Crippen molar-refractivity contribution in [3.8, 4) is 16.9 Å². The Morgan fingerprint density at radius 3 is 2.63 bits per heavy atom. The van der Waals surface area contributed by atoms with Crippen molar-refractivity contribution in [2.45, 2.75) is 18.9 Å². The summed E-state index contributed by atoms with van der Waals surface area (Å²) in [7, 11) is 2.15. The number of amides is 1. The maximum Gasteiger partial charge on any atom is 0.256 e. The maximum absolute atomic E-state index is 13.8. The van der Waals surface area contributed by atoms with Gasteiger partial charge in [0.05, 0.1) is 22.4 Å². The van der Waals surface area contributed by atoms with Crippen LogP contribution >= 0.6 is 0 Å². The molecule has 1 saturated heterocycles. The van der Waals surface area contributed by atoms with Crippen LogP contribution in [0.2, 0.25) is 0 Å². The highest BCUT2D eigenvalue weighted by Crippen LogP contribution is 2.26. The zero-order valence-electron chi connectivity index (χ0n) is 21.0. The number of imidazole rings is 1. The number of aromatic nitrogens is 4. The standard InChI is InChI=1S/C29H28FN7O/c1-36-13-11-23(12-14-36)32-22-8-5-19(6-9-22)29(38)33-28-17-26(34-35-28)20-7-10-25-27(15-20)37(18-31-25)24-4-2-3-21(30)16-24/h2-10,15-18,23,32H,11-14H2,1H3,(H2,33,34,35,38). The number of anilines is 2. The molecule has 2 aromatic heterocycles. The van der Waals surface area contributed by atoms with Gasteiger partial charge < -0.3 is 15.5 Å². The number of halogens is 1. The molecule has 3 N–H and O–H groups in total. The Labute approximate surface area is 219 Å². The summed E-state index contributed by atoms with van der Waals surface area (Å²) in [5, 5.41) is 13.7. The Morgan fingerprint density at radius 1 is 1.03 bits per heavy atom. The van der Waals surface area contributed by atoms with Gasteiger partial charge >= 0.3 is 0 Å². The molecular weight excluding hydrogens is 481 g/mol. The third-order valence-electron chi connectivity index (χ3n) is 6.99. The summed E-state index contributed by atoms with van der Waals surface area (Å²) >= 11 is 0. The molecule has 38 heavy (non-hydrogen) atoms. The molecule has 1 aliphatic rings. The van der Waals surface area contributed by atoms with Crippen molar-refractivity contribution in [3.05, 3.63) is 90.5 Å². The fourth-order valence-corrected chi connectivity index (χ4v) is 4.83. The van der Waals surface area contributed by atoms with Crippen molar-refractivity contribution >= 4 is 28.4 Å². The second kappa shape index (κ2) is 10.1. The Balaban J connectivity index is 1.14. The van der Waals surface area contributed by atoms with Crippen LogP contribution in [0.1, 0.15) is 23.2 Å². The van der Waals surface area contributed by atoms with Gasteiger partial charge in [-0.3, -0.25) is 14.5 Å². The van der Waals surface area contributed by atoms with Gasteiger partial charge in [0.25, 0.3) is 5.91 Å². The molecule has 0 aliphatic carbocycles. The highest BCUT2D eigenvalue weighted by atomic mass is 19.1. The first-order valence-corrected chi connectivity index (χ1v) is 12.7. The predicted octanol–water partition coefficient (Wildman–Crippen LogP) is 5.31. The summed E-state index contributed by atoms with van der Waals surface area (Å²) in [5.74, 6) is -0.0284. The number of fused-ring (bicyclic) bond motifs is 1. The van der Waals surface area contributed by atoms with E-state index in [2.05, 4.69) is 37.8 Å². The lowest BCUT2D eigenvalue weighted by atomic mass is 10.0. The third kappa shape index (κ3) is 5.01. The van der Waals surface area contributed by atoms with Gasteiger partial charge in [0.1, 0.15) is 18.0 Å². The van der Waals surface area contributed by atoms with Gasteiger partial charge in [-0.25, -0.2) is 9.37 Å². The SMILES string of the molecule is CN1CCC(Nc2ccc(C(=O)Nc3cc(-c4ccc5ncn(-c6cccc(F)c6)c5c4)n[nH]3)cc2)CC1. The van der Waals surface area contributed by atoms with E-state index in [4.69, 9.17) is 0 Å². The molecule has 9 heteroatoms. The Kier molecular flexibility index (Phi) is 6.35. The second-order valence-electron chi connectivity index (χ2n) is 9.72. The van der Waals surface area contributed by atoms with Crippen LogP contribution < -0.4 is 10.6 Å². The van der Waals surface area contributed by atoms with E-state index < -0.39 is 0 Å². The molecule has 0 saturated carbocycles. The first-order chi connectivity index (χ1) is 18.5. The molecule has 3 aromatic carbocycles. The monoisotopic (exact) mass is 509 g/mol. The minimum absolute atomic E-state index is 0.217. The normalized spacial score (nSPS) is 14.6. The molecule has 0 unspecified atom stereocenters. The number of nitrogens with one attached hydrogen (secondary N) is 3. The lowest BCUT2D eigenvalue weighted by molar-refractivity contribution is 0.102. The van der Waals surface area contributed by atoms with Crippen molar-refractivity contribution in [1.29, 1.82) is 0 Å². The molecular formula is C29H28FN7O. The number of hydrogen-bond acceptors (Lipinski definition) is 5. The summed E-state index contributed by atoms with van der Waals surface area (Å²) in [6, 6.07) is 21.9. The maximum atomic E-state index is 13.8. The highest BCUT2D eigenvalue weighted by molar-refractivity contribution is 6.04. The fourth-order valence-electron chi connectivity index (χ4n) is 4.83. The van der Waals surface area contributed by atoms with Gasteiger partial charge in [0, 0.05) is 28.9 Å². The molecule has 3 heterocycles. The number of H-pyrrole nitrogens is 1. The van der Waals surface area contributed by atoms with Crippen molar-refractivity contribution < 1.29 is 9.18 Å². The number of carbonyl (C=O) groups is 1. The number of aromatic amines is 1. The van der Waals surface area contributed by atoms with Gasteiger partial charge in [-0.15, -0.1) is 0 Å². The predicted molar refractivity (Wildman–Crippen MR) is 147 cm³/mol. The first-order valence-electron chi connectivity index (χ1n) is 12.7. The minimum Gasteiger partial charge on any atom is -0.382 e. The molecule has 5 aromatic rings. The number of hydrogen-bond donors (Lipinski definition) is 3. The van der Waals surface area contributed by atoms with Crippen LogP contribution in [0.25, 0.3) is 28.0 Å². The molecule has 8 nitrogen and oxygen atoms in total. The second-order valence-corrected chi connectivity index (χ2v) is 9.72. The fraction of sp³-hybridized carbons (Fsp3) is 0.207. The van der Waals surface area contributed by atoms with E-state index in [1.807, 2.05) is 53.1 Å². The Bertz CT molecular complexity index is 1580. The molecule has 0 spiro atoms. The van der Waals surface area contributed by atoms with E-state index in [1.165, 1.54) is 12.1 Å². The molecule has 1 amide bonds. The summed E-state index contributed by atoms with van der Waals surface area (Å²) in [6.07, 6.45) is 3.90. The summed E-state index contributed by atoms with van der Waals surface area (Å²) in [4.78, 5) is 19.6. The van der Waals surface area contributed by atoms with Gasteiger partial charge in [-0.2, -0.15) is 5.10 Å². The lowest BCUT2D eigenvalue weighted by Crippen LogP contribution is -2.36. The van der Waals surface area contributed by atoms with E-state index in [1.54, 1.807) is 18.5 Å². The van der Waals surface area contributed by atoms with E-state index in [-0.39, 0.29) is 11.7 Å². The van der Waals surface area contributed by atoms with E-state index in [0.29, 0.717) is 28.8 Å². The first kappa shape index (κ1) is 23.9. The average Bonchev–Trinajstić information content (AvgIpc) is 3.57. The number of rotatable bonds is 6. The zero-order valence-corrected chi connectivity index (χ0v) is 21.0. The van der Waals surface area contributed by atoms with Crippen molar-refractivity contribution in [2.24, 2.45) is 0 Å². The van der Waals surface area contributed by atoms with Gasteiger partial charge in [-0.1, -0.05) is 12.1 Å². The van der Waals surface area contributed by atoms with Crippen LogP contribution in [0.4, 0.5) is 15.9 Å². The number of nitrogens with zero attached hydrogens (tertiary/aromatic N) is 4. The Morgan fingerprint density at radius 2 is 1.84 bits per heavy atom.